The van der Waals surface area contributed by atoms with Crippen LogP contribution < -0.4 is 0 Å². The summed E-state index contributed by atoms with van der Waals surface area (Å²) in [6.45, 7) is 8.73. The van der Waals surface area contributed by atoms with Gasteiger partial charge < -0.3 is 0 Å². The molecule has 1 heterocycles. The summed E-state index contributed by atoms with van der Waals surface area (Å²) in [6, 6.07) is 20.9. The molecule has 3 unspecified atom stereocenters. The van der Waals surface area contributed by atoms with Gasteiger partial charge in [-0.05, 0) is 66.7 Å². The van der Waals surface area contributed by atoms with E-state index in [1.807, 2.05) is 0 Å². The van der Waals surface area contributed by atoms with Crippen LogP contribution in [0.1, 0.15) is 36.5 Å². The molecule has 0 aromatic heterocycles. The Labute approximate surface area is 170 Å². The van der Waals surface area contributed by atoms with E-state index in [9.17, 15) is 0 Å². The molecule has 0 radical (unpaired) electrons. The van der Waals surface area contributed by atoms with Crippen molar-refractivity contribution < 1.29 is 0 Å². The third-order valence-corrected chi connectivity index (χ3v) is 7.49. The standard InChI is InChI=1S/C26H34N2/c1-2-14-28(23-13-12-21-10-6-7-11-22(21)15-23)19-26-24-17-27(18-25(24)26)16-20-8-4-3-5-9-20/h3-11,23-26H,2,12-19H2,1H3. The van der Waals surface area contributed by atoms with Crippen molar-refractivity contribution in [1.29, 1.82) is 0 Å². The van der Waals surface area contributed by atoms with E-state index in [2.05, 4.69) is 71.3 Å². The van der Waals surface area contributed by atoms with Gasteiger partial charge in [0.05, 0.1) is 0 Å². The van der Waals surface area contributed by atoms with Crippen LogP contribution in [-0.4, -0.2) is 42.0 Å². The summed E-state index contributed by atoms with van der Waals surface area (Å²) in [5, 5.41) is 0. The van der Waals surface area contributed by atoms with Gasteiger partial charge in [0.15, 0.2) is 0 Å². The molecular weight excluding hydrogens is 340 g/mol. The monoisotopic (exact) mass is 374 g/mol. The highest BCUT2D eigenvalue weighted by Crippen LogP contribution is 2.52. The van der Waals surface area contributed by atoms with Crippen LogP contribution in [0.5, 0.6) is 0 Å². The Balaban J connectivity index is 1.16. The molecule has 2 nitrogen and oxygen atoms in total. The molecule has 0 bridgehead atoms. The van der Waals surface area contributed by atoms with Gasteiger partial charge in [-0.15, -0.1) is 0 Å². The lowest BCUT2D eigenvalue weighted by atomic mass is 9.87. The number of nitrogens with zero attached hydrogens (tertiary/aromatic N) is 2. The number of aryl methyl sites for hydroxylation is 1. The lowest BCUT2D eigenvalue weighted by Crippen LogP contribution is -2.42. The van der Waals surface area contributed by atoms with Crippen molar-refractivity contribution in [3.05, 3.63) is 71.3 Å². The first-order valence-corrected chi connectivity index (χ1v) is 11.4. The van der Waals surface area contributed by atoms with Crippen molar-refractivity contribution in [2.24, 2.45) is 17.8 Å². The van der Waals surface area contributed by atoms with Gasteiger partial charge in [0, 0.05) is 32.2 Å². The summed E-state index contributed by atoms with van der Waals surface area (Å²) < 4.78 is 0. The smallest absolute Gasteiger partial charge is 0.0233 e. The van der Waals surface area contributed by atoms with Gasteiger partial charge in [0.1, 0.15) is 0 Å². The molecule has 3 atom stereocenters. The van der Waals surface area contributed by atoms with Crippen LogP contribution in [-0.2, 0) is 19.4 Å². The SMILES string of the molecule is CCCN(CC1C2CN(Cc3ccccc3)CC21)C1CCc2ccccc2C1. The first-order chi connectivity index (χ1) is 13.8. The van der Waals surface area contributed by atoms with Crippen molar-refractivity contribution in [3.8, 4) is 0 Å². The van der Waals surface area contributed by atoms with Crippen LogP contribution in [0.15, 0.2) is 54.6 Å². The third-order valence-electron chi connectivity index (χ3n) is 7.49. The predicted octanol–water partition coefficient (Wildman–Crippen LogP) is 4.63. The Morgan fingerprint density at radius 2 is 1.64 bits per heavy atom. The van der Waals surface area contributed by atoms with E-state index in [0.717, 1.165) is 30.3 Å². The molecule has 3 aliphatic rings. The third kappa shape index (κ3) is 3.77. The first kappa shape index (κ1) is 18.4. The molecule has 2 aromatic rings. The van der Waals surface area contributed by atoms with Gasteiger partial charge in [-0.25, -0.2) is 0 Å². The maximum Gasteiger partial charge on any atom is 0.0233 e. The van der Waals surface area contributed by atoms with Crippen LogP contribution in [0, 0.1) is 17.8 Å². The topological polar surface area (TPSA) is 6.48 Å². The first-order valence-electron chi connectivity index (χ1n) is 11.4. The normalized spacial score (nSPS) is 28.9. The lowest BCUT2D eigenvalue weighted by molar-refractivity contribution is 0.157. The fraction of sp³-hybridized carbons (Fsp3) is 0.538. The number of likely N-dealkylation sites (tertiary alicyclic amines) is 1. The van der Waals surface area contributed by atoms with Crippen LogP contribution >= 0.6 is 0 Å². The van der Waals surface area contributed by atoms with Gasteiger partial charge in [-0.3, -0.25) is 9.80 Å². The summed E-state index contributed by atoms with van der Waals surface area (Å²) in [6.07, 6.45) is 5.15. The molecule has 1 aliphatic heterocycles. The number of benzene rings is 2. The van der Waals surface area contributed by atoms with E-state index in [-0.39, 0.29) is 0 Å². The molecule has 0 amide bonds. The highest BCUT2D eigenvalue weighted by atomic mass is 15.2. The Bertz CT molecular complexity index is 774. The highest BCUT2D eigenvalue weighted by Gasteiger charge is 2.55. The maximum atomic E-state index is 2.86. The number of fused-ring (bicyclic) bond motifs is 2. The van der Waals surface area contributed by atoms with Crippen molar-refractivity contribution in [2.75, 3.05) is 26.2 Å². The highest BCUT2D eigenvalue weighted by molar-refractivity contribution is 5.30. The summed E-state index contributed by atoms with van der Waals surface area (Å²) in [7, 11) is 0. The minimum absolute atomic E-state index is 0.761. The molecule has 1 saturated carbocycles. The van der Waals surface area contributed by atoms with E-state index in [4.69, 9.17) is 0 Å². The van der Waals surface area contributed by atoms with E-state index < -0.39 is 0 Å². The fourth-order valence-corrected chi connectivity index (χ4v) is 5.95. The second-order valence-corrected chi connectivity index (χ2v) is 9.33. The molecule has 1 saturated heterocycles. The summed E-state index contributed by atoms with van der Waals surface area (Å²) in [5.41, 5.74) is 4.66. The fourth-order valence-electron chi connectivity index (χ4n) is 5.95. The van der Waals surface area contributed by atoms with Gasteiger partial charge in [0.2, 0.25) is 0 Å². The van der Waals surface area contributed by atoms with E-state index in [0.29, 0.717) is 0 Å². The molecule has 2 aromatic carbocycles. The van der Waals surface area contributed by atoms with E-state index in [1.165, 1.54) is 57.4 Å². The van der Waals surface area contributed by atoms with Crippen molar-refractivity contribution in [1.82, 2.24) is 9.80 Å². The van der Waals surface area contributed by atoms with Crippen molar-refractivity contribution in [2.45, 2.75) is 45.2 Å². The van der Waals surface area contributed by atoms with Crippen LogP contribution in [0.2, 0.25) is 0 Å². The number of hydrogen-bond acceptors (Lipinski definition) is 2. The Morgan fingerprint density at radius 3 is 2.39 bits per heavy atom. The average molecular weight is 375 g/mol. The molecule has 2 aliphatic carbocycles. The molecule has 148 valence electrons. The number of rotatable bonds is 7. The molecule has 28 heavy (non-hydrogen) atoms. The predicted molar refractivity (Wildman–Crippen MR) is 116 cm³/mol. The van der Waals surface area contributed by atoms with Crippen molar-refractivity contribution in [3.63, 3.8) is 0 Å². The Hall–Kier alpha value is -1.64. The van der Waals surface area contributed by atoms with Crippen LogP contribution in [0.25, 0.3) is 0 Å². The van der Waals surface area contributed by atoms with Gasteiger partial charge in [-0.2, -0.15) is 0 Å². The minimum Gasteiger partial charge on any atom is -0.300 e. The Morgan fingerprint density at radius 1 is 0.929 bits per heavy atom. The zero-order chi connectivity index (χ0) is 18.9. The summed E-state index contributed by atoms with van der Waals surface area (Å²) in [5.74, 6) is 2.87. The van der Waals surface area contributed by atoms with E-state index >= 15 is 0 Å². The lowest BCUT2D eigenvalue weighted by Gasteiger charge is -2.36. The number of hydrogen-bond donors (Lipinski definition) is 0. The molecular formula is C26H34N2. The largest absolute Gasteiger partial charge is 0.300 e. The zero-order valence-electron chi connectivity index (χ0n) is 17.3. The van der Waals surface area contributed by atoms with Crippen LogP contribution in [0.4, 0.5) is 0 Å². The zero-order valence-corrected chi connectivity index (χ0v) is 17.3. The molecule has 2 heteroatoms. The quantitative estimate of drug-likeness (QED) is 0.697. The molecule has 0 N–H and O–H groups in total. The van der Waals surface area contributed by atoms with Crippen LogP contribution in [0.3, 0.4) is 0 Å². The van der Waals surface area contributed by atoms with Gasteiger partial charge in [0.25, 0.3) is 0 Å². The second-order valence-electron chi connectivity index (χ2n) is 9.33. The maximum absolute atomic E-state index is 2.86. The Kier molecular flexibility index (Phi) is 5.26. The number of piperidine rings is 1. The van der Waals surface area contributed by atoms with Crippen molar-refractivity contribution >= 4 is 0 Å². The molecule has 0 spiro atoms. The summed E-state index contributed by atoms with van der Waals surface area (Å²) >= 11 is 0. The van der Waals surface area contributed by atoms with Gasteiger partial charge in [-0.1, -0.05) is 61.5 Å². The molecule has 2 fully saturated rings. The van der Waals surface area contributed by atoms with E-state index in [1.54, 1.807) is 11.1 Å². The van der Waals surface area contributed by atoms with Gasteiger partial charge >= 0.3 is 0 Å². The molecule has 5 rings (SSSR count). The summed E-state index contributed by atoms with van der Waals surface area (Å²) in [4.78, 5) is 5.54. The minimum atomic E-state index is 0.761. The second kappa shape index (κ2) is 8.00. The average Bonchev–Trinajstić information content (AvgIpc) is 3.17.